The zero-order chi connectivity index (χ0) is 9.84. The lowest BCUT2D eigenvalue weighted by Crippen LogP contribution is -2.23. The van der Waals surface area contributed by atoms with Crippen LogP contribution in [0.5, 0.6) is 0 Å². The van der Waals surface area contributed by atoms with Crippen molar-refractivity contribution >= 4 is 27.9 Å². The normalized spacial score (nSPS) is 16.9. The van der Waals surface area contributed by atoms with Crippen LogP contribution in [0.2, 0.25) is 0 Å². The number of rotatable bonds is 2. The van der Waals surface area contributed by atoms with Gasteiger partial charge >= 0.3 is 11.9 Å². The molecule has 0 atom stereocenters. The first kappa shape index (κ1) is 10.2. The zero-order valence-corrected chi connectivity index (χ0v) is 8.72. The van der Waals surface area contributed by atoms with Crippen molar-refractivity contribution in [1.29, 1.82) is 0 Å². The lowest BCUT2D eigenvalue weighted by molar-refractivity contribution is -0.147. The highest BCUT2D eigenvalue weighted by Gasteiger charge is 2.28. The van der Waals surface area contributed by atoms with Gasteiger partial charge in [0.15, 0.2) is 5.57 Å². The molecule has 1 aliphatic rings. The van der Waals surface area contributed by atoms with Crippen LogP contribution >= 0.6 is 15.9 Å². The van der Waals surface area contributed by atoms with Crippen molar-refractivity contribution in [3.63, 3.8) is 0 Å². The Bertz CT molecular complexity index is 269. The van der Waals surface area contributed by atoms with Crippen LogP contribution in [-0.4, -0.2) is 25.2 Å². The number of hydrogen-bond donors (Lipinski definition) is 0. The summed E-state index contributed by atoms with van der Waals surface area (Å²) in [6.45, 7) is 2.23. The van der Waals surface area contributed by atoms with Crippen molar-refractivity contribution < 1.29 is 19.1 Å². The van der Waals surface area contributed by atoms with Crippen molar-refractivity contribution in [2.45, 2.75) is 13.3 Å². The largest absolute Gasteiger partial charge is 0.462 e. The molecule has 0 bridgehead atoms. The third kappa shape index (κ3) is 2.30. The lowest BCUT2D eigenvalue weighted by Gasteiger charge is -2.14. The van der Waals surface area contributed by atoms with Crippen molar-refractivity contribution in [1.82, 2.24) is 0 Å². The third-order valence-corrected chi connectivity index (χ3v) is 2.30. The molecule has 5 heteroatoms. The number of carbonyl (C=O) groups excluding carboxylic acids is 2. The van der Waals surface area contributed by atoms with Crippen LogP contribution in [0.4, 0.5) is 0 Å². The van der Waals surface area contributed by atoms with Gasteiger partial charge in [0.05, 0.1) is 13.2 Å². The second-order valence-electron chi connectivity index (χ2n) is 2.39. The summed E-state index contributed by atoms with van der Waals surface area (Å²) in [5.74, 6) is -1.24. The fraction of sp³-hybridized carbons (Fsp3) is 0.500. The predicted molar refractivity (Wildman–Crippen MR) is 48.2 cm³/mol. The van der Waals surface area contributed by atoms with Gasteiger partial charge in [-0.1, -0.05) is 15.9 Å². The predicted octanol–water partition coefficient (Wildman–Crippen LogP) is 1.15. The molecule has 1 heterocycles. The van der Waals surface area contributed by atoms with Crippen molar-refractivity contribution in [2.75, 3.05) is 13.2 Å². The highest BCUT2D eigenvalue weighted by molar-refractivity contribution is 9.11. The lowest BCUT2D eigenvalue weighted by atomic mass is 10.2. The molecule has 72 valence electrons. The molecule has 0 aromatic rings. The van der Waals surface area contributed by atoms with Crippen molar-refractivity contribution in [3.05, 3.63) is 10.1 Å². The molecule has 0 aromatic heterocycles. The van der Waals surface area contributed by atoms with Gasteiger partial charge in [-0.05, 0) is 6.92 Å². The third-order valence-electron chi connectivity index (χ3n) is 1.51. The van der Waals surface area contributed by atoms with E-state index in [1.165, 1.54) is 0 Å². The Labute approximate surface area is 84.0 Å². The maximum atomic E-state index is 11.2. The molecule has 13 heavy (non-hydrogen) atoms. The van der Waals surface area contributed by atoms with Crippen molar-refractivity contribution in [3.8, 4) is 0 Å². The smallest absolute Gasteiger partial charge is 0.346 e. The highest BCUT2D eigenvalue weighted by Crippen LogP contribution is 2.23. The van der Waals surface area contributed by atoms with E-state index in [0.29, 0.717) is 17.5 Å². The van der Waals surface area contributed by atoms with Crippen LogP contribution in [0.15, 0.2) is 10.1 Å². The Morgan fingerprint density at radius 2 is 2.38 bits per heavy atom. The SMILES string of the molecule is CCOC(=O)C1=C(Br)CCOC1=O. The van der Waals surface area contributed by atoms with Crippen LogP contribution < -0.4 is 0 Å². The molecule has 0 saturated heterocycles. The maximum absolute atomic E-state index is 11.2. The molecule has 0 amide bonds. The molecule has 0 unspecified atom stereocenters. The van der Waals surface area contributed by atoms with E-state index < -0.39 is 11.9 Å². The highest BCUT2D eigenvalue weighted by atomic mass is 79.9. The minimum atomic E-state index is -0.626. The van der Waals surface area contributed by atoms with Gasteiger partial charge in [0.1, 0.15) is 0 Å². The molecule has 0 radical (unpaired) electrons. The molecule has 0 saturated carbocycles. The van der Waals surface area contributed by atoms with Crippen LogP contribution in [0.1, 0.15) is 13.3 Å². The summed E-state index contributed by atoms with van der Waals surface area (Å²) in [6, 6.07) is 0. The van der Waals surface area contributed by atoms with E-state index in [0.717, 1.165) is 0 Å². The first-order chi connectivity index (χ1) is 6.16. The minimum Gasteiger partial charge on any atom is -0.462 e. The Hall–Kier alpha value is -0.840. The number of halogens is 1. The molecular weight excluding hydrogens is 240 g/mol. The summed E-state index contributed by atoms with van der Waals surface area (Å²) in [4.78, 5) is 22.3. The molecular formula is C8H9BrO4. The number of carbonyl (C=O) groups is 2. The quantitative estimate of drug-likeness (QED) is 0.544. The molecule has 1 aliphatic heterocycles. The number of esters is 2. The van der Waals surface area contributed by atoms with Gasteiger partial charge in [-0.2, -0.15) is 0 Å². The molecule has 0 aromatic carbocycles. The second kappa shape index (κ2) is 4.41. The van der Waals surface area contributed by atoms with Gasteiger partial charge in [0.25, 0.3) is 0 Å². The van der Waals surface area contributed by atoms with E-state index in [9.17, 15) is 9.59 Å². The van der Waals surface area contributed by atoms with Gasteiger partial charge in [0, 0.05) is 10.9 Å². The average molecular weight is 249 g/mol. The van der Waals surface area contributed by atoms with E-state index in [1.54, 1.807) is 6.92 Å². The Kier molecular flexibility index (Phi) is 3.48. The van der Waals surface area contributed by atoms with Crippen molar-refractivity contribution in [2.24, 2.45) is 0 Å². The Morgan fingerprint density at radius 1 is 1.69 bits per heavy atom. The Morgan fingerprint density at radius 3 is 2.92 bits per heavy atom. The first-order valence-electron chi connectivity index (χ1n) is 3.89. The van der Waals surface area contributed by atoms with E-state index in [2.05, 4.69) is 15.9 Å². The van der Waals surface area contributed by atoms with E-state index in [-0.39, 0.29) is 12.2 Å². The van der Waals surface area contributed by atoms with Crippen LogP contribution in [0.3, 0.4) is 0 Å². The van der Waals surface area contributed by atoms with E-state index in [1.807, 2.05) is 0 Å². The molecule has 4 nitrogen and oxygen atoms in total. The summed E-state index contributed by atoms with van der Waals surface area (Å²) in [7, 11) is 0. The van der Waals surface area contributed by atoms with E-state index >= 15 is 0 Å². The summed E-state index contributed by atoms with van der Waals surface area (Å²) >= 11 is 3.14. The fourth-order valence-corrected chi connectivity index (χ4v) is 1.42. The maximum Gasteiger partial charge on any atom is 0.346 e. The topological polar surface area (TPSA) is 52.6 Å². The van der Waals surface area contributed by atoms with E-state index in [4.69, 9.17) is 9.47 Å². The monoisotopic (exact) mass is 248 g/mol. The summed E-state index contributed by atoms with van der Waals surface area (Å²) in [6.07, 6.45) is 0.528. The zero-order valence-electron chi connectivity index (χ0n) is 7.13. The molecule has 0 spiro atoms. The fourth-order valence-electron chi connectivity index (χ4n) is 0.939. The van der Waals surface area contributed by atoms with Gasteiger partial charge in [-0.25, -0.2) is 9.59 Å². The van der Waals surface area contributed by atoms with Gasteiger partial charge in [-0.15, -0.1) is 0 Å². The standard InChI is InChI=1S/C8H9BrO4/c1-2-12-7(10)6-5(9)3-4-13-8(6)11/h2-4H2,1H3. The second-order valence-corrected chi connectivity index (χ2v) is 3.34. The number of ether oxygens (including phenoxy) is 2. The molecule has 1 rings (SSSR count). The summed E-state index contributed by atoms with van der Waals surface area (Å²) < 4.78 is 9.95. The Balaban J connectivity index is 2.85. The summed E-state index contributed by atoms with van der Waals surface area (Å²) in [5, 5.41) is 0. The van der Waals surface area contributed by atoms with Gasteiger partial charge in [-0.3, -0.25) is 0 Å². The summed E-state index contributed by atoms with van der Waals surface area (Å²) in [5.41, 5.74) is -0.0203. The molecule has 0 N–H and O–H groups in total. The molecule has 0 fully saturated rings. The van der Waals surface area contributed by atoms with Crippen LogP contribution in [0.25, 0.3) is 0 Å². The number of cyclic esters (lactones) is 1. The molecule has 0 aliphatic carbocycles. The minimum absolute atomic E-state index is 0.0203. The number of hydrogen-bond acceptors (Lipinski definition) is 4. The van der Waals surface area contributed by atoms with Gasteiger partial charge in [0.2, 0.25) is 0 Å². The first-order valence-corrected chi connectivity index (χ1v) is 4.69. The van der Waals surface area contributed by atoms with Crippen LogP contribution in [0, 0.1) is 0 Å². The average Bonchev–Trinajstić information content (AvgIpc) is 2.04. The van der Waals surface area contributed by atoms with Crippen LogP contribution in [-0.2, 0) is 19.1 Å². The van der Waals surface area contributed by atoms with Gasteiger partial charge < -0.3 is 9.47 Å².